The summed E-state index contributed by atoms with van der Waals surface area (Å²) in [4.78, 5) is 15.3. The van der Waals surface area contributed by atoms with Gasteiger partial charge in [0, 0.05) is 37.9 Å². The first-order chi connectivity index (χ1) is 17.9. The molecular formula is C28H37N5O4. The van der Waals surface area contributed by atoms with Gasteiger partial charge in [0.2, 0.25) is 5.82 Å². The van der Waals surface area contributed by atoms with E-state index in [-0.39, 0.29) is 23.4 Å². The van der Waals surface area contributed by atoms with Crippen LogP contribution in [-0.2, 0) is 11.3 Å². The van der Waals surface area contributed by atoms with Gasteiger partial charge in [-0.05, 0) is 48.6 Å². The zero-order chi connectivity index (χ0) is 26.4. The van der Waals surface area contributed by atoms with Gasteiger partial charge in [0.05, 0.1) is 25.4 Å². The van der Waals surface area contributed by atoms with E-state index in [0.29, 0.717) is 30.3 Å². The third-order valence-electron chi connectivity index (χ3n) is 6.36. The van der Waals surface area contributed by atoms with Crippen LogP contribution in [0.25, 0.3) is 17.1 Å². The summed E-state index contributed by atoms with van der Waals surface area (Å²) in [5.74, 6) is 1.06. The van der Waals surface area contributed by atoms with Gasteiger partial charge in [-0.3, -0.25) is 14.3 Å². The van der Waals surface area contributed by atoms with Crippen molar-refractivity contribution in [2.45, 2.75) is 46.6 Å². The molecule has 0 atom stereocenters. The summed E-state index contributed by atoms with van der Waals surface area (Å²) >= 11 is 0. The van der Waals surface area contributed by atoms with E-state index in [1.165, 1.54) is 5.56 Å². The quantitative estimate of drug-likeness (QED) is 0.425. The Morgan fingerprint density at radius 1 is 1.14 bits per heavy atom. The van der Waals surface area contributed by atoms with Crippen molar-refractivity contribution in [2.24, 2.45) is 0 Å². The Morgan fingerprint density at radius 3 is 2.51 bits per heavy atom. The maximum absolute atomic E-state index is 12.9. The molecule has 2 aromatic carbocycles. The highest BCUT2D eigenvalue weighted by Crippen LogP contribution is 2.39. The Labute approximate surface area is 218 Å². The molecule has 0 radical (unpaired) electrons. The Bertz CT molecular complexity index is 1200. The molecule has 9 heteroatoms. The van der Waals surface area contributed by atoms with Gasteiger partial charge in [0.1, 0.15) is 11.5 Å². The highest BCUT2D eigenvalue weighted by Gasteiger charge is 2.24. The zero-order valence-electron chi connectivity index (χ0n) is 22.2. The fourth-order valence-corrected chi connectivity index (χ4v) is 4.41. The molecule has 198 valence electrons. The van der Waals surface area contributed by atoms with Crippen molar-refractivity contribution in [2.75, 3.05) is 39.5 Å². The smallest absolute Gasteiger partial charge is 0.289 e. The molecule has 2 heterocycles. The van der Waals surface area contributed by atoms with Crippen LogP contribution in [0.3, 0.4) is 0 Å². The van der Waals surface area contributed by atoms with E-state index in [9.17, 15) is 9.90 Å². The maximum Gasteiger partial charge on any atom is 0.289 e. The minimum atomic E-state index is -0.329. The van der Waals surface area contributed by atoms with Crippen molar-refractivity contribution >= 4 is 5.91 Å². The molecule has 0 aliphatic carbocycles. The van der Waals surface area contributed by atoms with E-state index in [4.69, 9.17) is 9.47 Å². The largest absolute Gasteiger partial charge is 0.507 e. The second-order valence-corrected chi connectivity index (χ2v) is 9.51. The van der Waals surface area contributed by atoms with E-state index in [2.05, 4.69) is 46.4 Å². The number of aromatic nitrogens is 3. The van der Waals surface area contributed by atoms with Crippen LogP contribution in [0.5, 0.6) is 11.5 Å². The lowest BCUT2D eigenvalue weighted by Gasteiger charge is -2.26. The molecule has 1 aliphatic heterocycles. The van der Waals surface area contributed by atoms with Crippen molar-refractivity contribution in [1.82, 2.24) is 25.0 Å². The number of carbonyl (C=O) groups is 1. The summed E-state index contributed by atoms with van der Waals surface area (Å²) in [6, 6.07) is 11.6. The lowest BCUT2D eigenvalue weighted by molar-refractivity contribution is 0.0342. The molecule has 0 bridgehead atoms. The summed E-state index contributed by atoms with van der Waals surface area (Å²) in [7, 11) is 0. The molecule has 1 aliphatic rings. The average Bonchev–Trinajstić information content (AvgIpc) is 3.33. The topological polar surface area (TPSA) is 102 Å². The number of phenols is 1. The number of nitrogens with one attached hydrogen (secondary N) is 1. The highest BCUT2D eigenvalue weighted by molar-refractivity contribution is 5.92. The van der Waals surface area contributed by atoms with Crippen molar-refractivity contribution in [1.29, 1.82) is 0 Å². The summed E-state index contributed by atoms with van der Waals surface area (Å²) in [6.07, 6.45) is 0.867. The molecule has 0 unspecified atom stereocenters. The number of nitrogens with zero attached hydrogens (tertiary/aromatic N) is 4. The second kappa shape index (κ2) is 12.2. The van der Waals surface area contributed by atoms with E-state index < -0.39 is 0 Å². The second-order valence-electron chi connectivity index (χ2n) is 9.51. The molecule has 1 saturated heterocycles. The first-order valence-electron chi connectivity index (χ1n) is 13.1. The number of phenolic OH excluding ortho intramolecular Hbond substituents is 1. The molecular weight excluding hydrogens is 470 g/mol. The van der Waals surface area contributed by atoms with Gasteiger partial charge in [-0.1, -0.05) is 32.9 Å². The zero-order valence-corrected chi connectivity index (χ0v) is 22.2. The summed E-state index contributed by atoms with van der Waals surface area (Å²) in [5.41, 5.74) is 3.36. The molecule has 9 nitrogen and oxygen atoms in total. The SMILES string of the molecule is CCCOc1cc(O)c(-c2nnc(C(=O)NCC)n2-c2ccc(CN3CCOCC3)cc2)cc1C(C)C. The molecule has 0 saturated carbocycles. The number of hydrogen-bond acceptors (Lipinski definition) is 7. The summed E-state index contributed by atoms with van der Waals surface area (Å²) < 4.78 is 13.1. The van der Waals surface area contributed by atoms with Crippen LogP contribution >= 0.6 is 0 Å². The predicted molar refractivity (Wildman–Crippen MR) is 142 cm³/mol. The van der Waals surface area contributed by atoms with Gasteiger partial charge in [-0.15, -0.1) is 10.2 Å². The van der Waals surface area contributed by atoms with Crippen LogP contribution in [0, 0.1) is 0 Å². The van der Waals surface area contributed by atoms with Gasteiger partial charge in [0.25, 0.3) is 5.91 Å². The minimum absolute atomic E-state index is 0.0236. The third-order valence-corrected chi connectivity index (χ3v) is 6.36. The maximum atomic E-state index is 12.9. The van der Waals surface area contributed by atoms with Gasteiger partial charge in [-0.2, -0.15) is 0 Å². The molecule has 1 aromatic heterocycles. The molecule has 2 N–H and O–H groups in total. The number of amides is 1. The summed E-state index contributed by atoms with van der Waals surface area (Å²) in [6.45, 7) is 13.2. The molecule has 1 fully saturated rings. The Hall–Kier alpha value is -3.43. The molecule has 1 amide bonds. The predicted octanol–water partition coefficient (Wildman–Crippen LogP) is 4.13. The lowest BCUT2D eigenvalue weighted by atomic mass is 9.98. The Kier molecular flexibility index (Phi) is 8.78. The fourth-order valence-electron chi connectivity index (χ4n) is 4.41. The number of ether oxygens (including phenoxy) is 2. The van der Waals surface area contributed by atoms with Crippen molar-refractivity contribution in [3.8, 4) is 28.6 Å². The Morgan fingerprint density at radius 2 is 1.86 bits per heavy atom. The van der Waals surface area contributed by atoms with Crippen molar-refractivity contribution < 1.29 is 19.4 Å². The number of aromatic hydroxyl groups is 1. The normalized spacial score (nSPS) is 14.2. The number of benzene rings is 2. The van der Waals surface area contributed by atoms with Crippen LogP contribution in [-0.4, -0.2) is 70.1 Å². The van der Waals surface area contributed by atoms with Gasteiger partial charge in [0.15, 0.2) is 5.82 Å². The average molecular weight is 508 g/mol. The van der Waals surface area contributed by atoms with E-state index in [0.717, 1.165) is 50.5 Å². The number of carbonyl (C=O) groups excluding carboxylic acids is 1. The number of hydrogen-bond donors (Lipinski definition) is 2. The molecule has 3 aromatic rings. The van der Waals surface area contributed by atoms with Crippen LogP contribution in [0.4, 0.5) is 0 Å². The molecule has 0 spiro atoms. The highest BCUT2D eigenvalue weighted by atomic mass is 16.5. The van der Waals surface area contributed by atoms with Crippen LogP contribution in [0.2, 0.25) is 0 Å². The summed E-state index contributed by atoms with van der Waals surface area (Å²) in [5, 5.41) is 22.4. The fraction of sp³-hybridized carbons (Fsp3) is 0.464. The van der Waals surface area contributed by atoms with Gasteiger partial charge < -0.3 is 19.9 Å². The lowest BCUT2D eigenvalue weighted by Crippen LogP contribution is -2.35. The third kappa shape index (κ3) is 6.11. The molecule has 37 heavy (non-hydrogen) atoms. The van der Waals surface area contributed by atoms with E-state index >= 15 is 0 Å². The van der Waals surface area contributed by atoms with Gasteiger partial charge in [-0.25, -0.2) is 0 Å². The minimum Gasteiger partial charge on any atom is -0.507 e. The van der Waals surface area contributed by atoms with Crippen LogP contribution in [0.15, 0.2) is 36.4 Å². The van der Waals surface area contributed by atoms with Crippen LogP contribution in [0.1, 0.15) is 61.8 Å². The van der Waals surface area contributed by atoms with Crippen LogP contribution < -0.4 is 10.1 Å². The van der Waals surface area contributed by atoms with E-state index in [1.54, 1.807) is 10.6 Å². The first kappa shape index (κ1) is 26.6. The monoisotopic (exact) mass is 507 g/mol. The standard InChI is InChI=1S/C28H37N5O4/c1-5-13-37-25-17-24(34)23(16-22(25)19(3)4)26-30-31-27(28(35)29-6-2)33(26)21-9-7-20(8-10-21)18-32-11-14-36-15-12-32/h7-10,16-17,19,34H,5-6,11-15,18H2,1-4H3,(H,29,35). The molecule has 4 rings (SSSR count). The number of morpholine rings is 1. The van der Waals surface area contributed by atoms with E-state index in [1.807, 2.05) is 32.0 Å². The number of rotatable bonds is 10. The van der Waals surface area contributed by atoms with Gasteiger partial charge >= 0.3 is 0 Å². The first-order valence-corrected chi connectivity index (χ1v) is 13.1. The van der Waals surface area contributed by atoms with Crippen molar-refractivity contribution in [3.63, 3.8) is 0 Å². The van der Waals surface area contributed by atoms with Crippen molar-refractivity contribution in [3.05, 3.63) is 53.3 Å². The Balaban J connectivity index is 1.76.